The van der Waals surface area contributed by atoms with E-state index in [1.165, 1.54) is 23.6 Å². The number of rotatable bonds is 10. The summed E-state index contributed by atoms with van der Waals surface area (Å²) in [6.07, 6.45) is 19.8. The first-order valence-electron chi connectivity index (χ1n) is 16.1. The van der Waals surface area contributed by atoms with E-state index in [0.717, 1.165) is 50.5 Å². The number of amides is 3. The molecule has 0 bridgehead atoms. The molecule has 7 heteroatoms. The number of carbonyl (C=O) groups is 3. The van der Waals surface area contributed by atoms with E-state index in [1.807, 2.05) is 30.9 Å². The molecule has 2 N–H and O–H groups in total. The van der Waals surface area contributed by atoms with Crippen LogP contribution in [0.4, 0.5) is 0 Å². The Labute approximate surface area is 256 Å². The number of allylic oxidation sites excluding steroid dienone is 1. The van der Waals surface area contributed by atoms with Crippen LogP contribution in [0.15, 0.2) is 60.9 Å². The number of fused-ring (bicyclic) bond motifs is 2. The molecule has 2 aliphatic carbocycles. The first kappa shape index (κ1) is 30.7. The number of benzene rings is 1. The van der Waals surface area contributed by atoms with Crippen LogP contribution in [0.1, 0.15) is 88.3 Å². The molecule has 228 valence electrons. The zero-order valence-corrected chi connectivity index (χ0v) is 25.6. The number of hydrogen-bond acceptors (Lipinski definition) is 4. The van der Waals surface area contributed by atoms with Gasteiger partial charge in [-0.3, -0.25) is 19.4 Å². The summed E-state index contributed by atoms with van der Waals surface area (Å²) in [4.78, 5) is 46.8. The Morgan fingerprint density at radius 3 is 2.53 bits per heavy atom. The second-order valence-electron chi connectivity index (χ2n) is 12.7. The third-order valence-corrected chi connectivity index (χ3v) is 9.86. The first-order valence-corrected chi connectivity index (χ1v) is 16.1. The van der Waals surface area contributed by atoms with Gasteiger partial charge in [0, 0.05) is 37.0 Å². The van der Waals surface area contributed by atoms with Crippen molar-refractivity contribution < 1.29 is 14.4 Å². The van der Waals surface area contributed by atoms with Crippen LogP contribution >= 0.6 is 0 Å². The van der Waals surface area contributed by atoms with Crippen LogP contribution in [-0.4, -0.2) is 52.8 Å². The fraction of sp³-hybridized carbons (Fsp3) is 0.500. The second-order valence-corrected chi connectivity index (χ2v) is 12.7. The maximum atomic E-state index is 14.0. The normalized spacial score (nSPS) is 20.0. The first-order chi connectivity index (χ1) is 20.9. The van der Waals surface area contributed by atoms with Gasteiger partial charge >= 0.3 is 0 Å². The van der Waals surface area contributed by atoms with Crippen LogP contribution in [0.3, 0.4) is 0 Å². The molecule has 1 saturated carbocycles. The smallest absolute Gasteiger partial charge is 0.245 e. The van der Waals surface area contributed by atoms with E-state index in [2.05, 4.69) is 52.0 Å². The van der Waals surface area contributed by atoms with Gasteiger partial charge in [-0.25, -0.2) is 0 Å². The molecule has 0 radical (unpaired) electrons. The molecule has 3 amide bonds. The Kier molecular flexibility index (Phi) is 10.1. The average molecular weight is 583 g/mol. The third kappa shape index (κ3) is 7.43. The van der Waals surface area contributed by atoms with Crippen LogP contribution in [0, 0.1) is 11.8 Å². The summed E-state index contributed by atoms with van der Waals surface area (Å²) < 4.78 is 0. The average Bonchev–Trinajstić information content (AvgIpc) is 3.40. The largest absolute Gasteiger partial charge is 0.342 e. The number of hydrogen-bond donors (Lipinski definition) is 2. The van der Waals surface area contributed by atoms with Gasteiger partial charge in [-0.05, 0) is 59.9 Å². The van der Waals surface area contributed by atoms with Gasteiger partial charge in [0.2, 0.25) is 17.7 Å². The van der Waals surface area contributed by atoms with Crippen molar-refractivity contribution in [3.8, 4) is 0 Å². The molecule has 1 aromatic heterocycles. The number of nitrogens with zero attached hydrogens (tertiary/aromatic N) is 2. The summed E-state index contributed by atoms with van der Waals surface area (Å²) >= 11 is 0. The standard InChI is InChI=1S/C36H46N4O3/c1-3-26(2)33(35(43)40-22-19-36(20-23-40)18-17-29-13-7-8-14-30(29)36)39-34(42)31(24-27-10-5-4-6-11-27)38-32(41)16-15-28-12-9-21-37-25-28/h7-9,12-18,21,25-27,31,33H,3-6,10-11,19-20,22-24H2,1-2H3,(H,38,41)(H,39,42)/b16-15+/t26-,31-,33-/m0/s1. The van der Waals surface area contributed by atoms with E-state index in [0.29, 0.717) is 25.4 Å². The predicted octanol–water partition coefficient (Wildman–Crippen LogP) is 5.67. The van der Waals surface area contributed by atoms with Crippen LogP contribution < -0.4 is 10.6 Å². The van der Waals surface area contributed by atoms with Gasteiger partial charge in [0.25, 0.3) is 0 Å². The number of aromatic nitrogens is 1. The summed E-state index contributed by atoms with van der Waals surface area (Å²) in [6, 6.07) is 10.9. The van der Waals surface area contributed by atoms with Gasteiger partial charge in [0.15, 0.2) is 0 Å². The summed E-state index contributed by atoms with van der Waals surface area (Å²) in [6.45, 7) is 5.38. The minimum absolute atomic E-state index is 0.0127. The molecular weight excluding hydrogens is 536 g/mol. The molecule has 7 nitrogen and oxygen atoms in total. The number of pyridine rings is 1. The van der Waals surface area contributed by atoms with Gasteiger partial charge in [0.05, 0.1) is 0 Å². The van der Waals surface area contributed by atoms with E-state index < -0.39 is 12.1 Å². The van der Waals surface area contributed by atoms with Crippen molar-refractivity contribution in [2.45, 2.75) is 89.1 Å². The number of nitrogens with one attached hydrogen (secondary N) is 2. The van der Waals surface area contributed by atoms with Crippen LogP contribution in [0.25, 0.3) is 12.2 Å². The molecule has 2 heterocycles. The molecule has 1 aromatic carbocycles. The maximum Gasteiger partial charge on any atom is 0.245 e. The van der Waals surface area contributed by atoms with Crippen molar-refractivity contribution in [2.24, 2.45) is 11.8 Å². The fourth-order valence-electron chi connectivity index (χ4n) is 6.98. The van der Waals surface area contributed by atoms with E-state index >= 15 is 0 Å². The molecule has 1 spiro atoms. The number of piperidine rings is 1. The Morgan fingerprint density at radius 1 is 1.05 bits per heavy atom. The third-order valence-electron chi connectivity index (χ3n) is 9.86. The zero-order valence-electron chi connectivity index (χ0n) is 25.6. The molecule has 1 saturated heterocycles. The molecular formula is C36H46N4O3. The molecule has 2 aromatic rings. The van der Waals surface area contributed by atoms with E-state index in [4.69, 9.17) is 0 Å². The van der Waals surface area contributed by atoms with Gasteiger partial charge in [-0.1, -0.05) is 94.9 Å². The van der Waals surface area contributed by atoms with Crippen molar-refractivity contribution >= 4 is 29.9 Å². The highest BCUT2D eigenvalue weighted by Gasteiger charge is 2.41. The van der Waals surface area contributed by atoms with E-state index in [9.17, 15) is 14.4 Å². The van der Waals surface area contributed by atoms with Gasteiger partial charge in [-0.15, -0.1) is 0 Å². The van der Waals surface area contributed by atoms with Gasteiger partial charge in [0.1, 0.15) is 12.1 Å². The van der Waals surface area contributed by atoms with Crippen molar-refractivity contribution in [3.05, 3.63) is 77.6 Å². The lowest BCUT2D eigenvalue weighted by atomic mass is 9.74. The summed E-state index contributed by atoms with van der Waals surface area (Å²) in [7, 11) is 0. The second kappa shape index (κ2) is 14.2. The van der Waals surface area contributed by atoms with Crippen LogP contribution in [-0.2, 0) is 19.8 Å². The SMILES string of the molecule is CC[C@H](C)[C@H](NC(=O)[C@H](CC1CCCCC1)NC(=O)/C=C/c1cccnc1)C(=O)N1CCC2(C=Cc3ccccc32)CC1. The lowest BCUT2D eigenvalue weighted by Crippen LogP contribution is -2.58. The minimum Gasteiger partial charge on any atom is -0.342 e. The minimum atomic E-state index is -0.696. The fourth-order valence-corrected chi connectivity index (χ4v) is 6.98. The van der Waals surface area contributed by atoms with Crippen molar-refractivity contribution in [1.82, 2.24) is 20.5 Å². The van der Waals surface area contributed by atoms with Crippen molar-refractivity contribution in [3.63, 3.8) is 0 Å². The molecule has 1 aliphatic heterocycles. The maximum absolute atomic E-state index is 14.0. The Balaban J connectivity index is 1.26. The van der Waals surface area contributed by atoms with E-state index in [1.54, 1.807) is 18.5 Å². The summed E-state index contributed by atoms with van der Waals surface area (Å²) in [5, 5.41) is 6.08. The molecule has 5 rings (SSSR count). The Hall–Kier alpha value is -3.74. The highest BCUT2D eigenvalue weighted by atomic mass is 16.2. The molecule has 3 atom stereocenters. The van der Waals surface area contributed by atoms with Crippen LogP contribution in [0.5, 0.6) is 0 Å². The summed E-state index contributed by atoms with van der Waals surface area (Å²) in [5.74, 6) is -0.264. The van der Waals surface area contributed by atoms with Crippen molar-refractivity contribution in [1.29, 1.82) is 0 Å². The Bertz CT molecular complexity index is 1320. The predicted molar refractivity (Wildman–Crippen MR) is 171 cm³/mol. The van der Waals surface area contributed by atoms with E-state index in [-0.39, 0.29) is 29.1 Å². The highest BCUT2D eigenvalue weighted by molar-refractivity contribution is 5.96. The molecule has 43 heavy (non-hydrogen) atoms. The lowest BCUT2D eigenvalue weighted by Gasteiger charge is -2.41. The van der Waals surface area contributed by atoms with Crippen LogP contribution in [0.2, 0.25) is 0 Å². The monoisotopic (exact) mass is 582 g/mol. The van der Waals surface area contributed by atoms with Crippen molar-refractivity contribution in [2.75, 3.05) is 13.1 Å². The highest BCUT2D eigenvalue weighted by Crippen LogP contribution is 2.43. The topological polar surface area (TPSA) is 91.4 Å². The quantitative estimate of drug-likeness (QED) is 0.353. The Morgan fingerprint density at radius 2 is 1.81 bits per heavy atom. The molecule has 2 fully saturated rings. The number of likely N-dealkylation sites (tertiary alicyclic amines) is 1. The summed E-state index contributed by atoms with van der Waals surface area (Å²) in [5.41, 5.74) is 3.43. The van der Waals surface area contributed by atoms with Gasteiger partial charge < -0.3 is 15.5 Å². The zero-order chi connectivity index (χ0) is 30.2. The lowest BCUT2D eigenvalue weighted by molar-refractivity contribution is -0.139. The number of carbonyl (C=O) groups excluding carboxylic acids is 3. The van der Waals surface area contributed by atoms with Gasteiger partial charge in [-0.2, -0.15) is 0 Å². The molecule has 0 unspecified atom stereocenters. The molecule has 3 aliphatic rings.